The second kappa shape index (κ2) is 10.2. The van der Waals surface area contributed by atoms with Gasteiger partial charge in [-0.2, -0.15) is 0 Å². The maximum Gasteiger partial charge on any atom is 0.303 e. The van der Waals surface area contributed by atoms with E-state index in [1.807, 2.05) is 63.3 Å². The molecular formula is C30H37NO5. The highest BCUT2D eigenvalue weighted by atomic mass is 16.5. The maximum atomic E-state index is 14.1. The highest BCUT2D eigenvalue weighted by molar-refractivity contribution is 5.89. The second-order valence-corrected chi connectivity index (χ2v) is 10.7. The first-order valence-electron chi connectivity index (χ1n) is 12.9. The zero-order valence-electron chi connectivity index (χ0n) is 21.5. The zero-order chi connectivity index (χ0) is 26.2. The van der Waals surface area contributed by atoms with Gasteiger partial charge in [-0.25, -0.2) is 0 Å². The summed E-state index contributed by atoms with van der Waals surface area (Å²) in [4.78, 5) is 39.4. The highest BCUT2D eigenvalue weighted by Gasteiger charge is 2.68. The molecule has 1 aliphatic heterocycles. The predicted octanol–water partition coefficient (Wildman–Crippen LogP) is 3.80. The number of carbonyl (C=O) groups is 3. The van der Waals surface area contributed by atoms with Crippen LogP contribution in [-0.2, 0) is 25.5 Å². The van der Waals surface area contributed by atoms with Gasteiger partial charge in [0.05, 0.1) is 6.10 Å². The number of hydrogen-bond donors (Lipinski definition) is 2. The van der Waals surface area contributed by atoms with Gasteiger partial charge in [-0.15, -0.1) is 0 Å². The number of carbonyl (C=O) groups excluding carboxylic acids is 3. The van der Waals surface area contributed by atoms with E-state index in [-0.39, 0.29) is 35.5 Å². The predicted molar refractivity (Wildman–Crippen MR) is 138 cm³/mol. The monoisotopic (exact) mass is 491 g/mol. The van der Waals surface area contributed by atoms with Crippen molar-refractivity contribution in [2.24, 2.45) is 35.0 Å². The van der Waals surface area contributed by atoms with Crippen molar-refractivity contribution in [1.29, 1.82) is 0 Å². The Morgan fingerprint density at radius 3 is 2.50 bits per heavy atom. The third-order valence-electron chi connectivity index (χ3n) is 8.49. The third-order valence-corrected chi connectivity index (χ3v) is 8.49. The van der Waals surface area contributed by atoms with Crippen LogP contribution in [0.25, 0.3) is 0 Å². The minimum Gasteiger partial charge on any atom is -0.457 e. The number of allylic oxidation sites excluding steroid dienone is 2. The Hall–Kier alpha value is -2.99. The summed E-state index contributed by atoms with van der Waals surface area (Å²) >= 11 is 0. The summed E-state index contributed by atoms with van der Waals surface area (Å²) in [5, 5.41) is 14.7. The van der Waals surface area contributed by atoms with E-state index >= 15 is 0 Å². The van der Waals surface area contributed by atoms with Crippen LogP contribution in [0.4, 0.5) is 0 Å². The average Bonchev–Trinajstić information content (AvgIpc) is 3.13. The standard InChI is InChI=1S/C30H37NO5/c1-17-10-9-13-23-28(34)20(4)19(3)26-24(16-22-11-7-6-8-12-22)31-29(35)30(23,26)25(36-21(5)32)15-14-18(2)27(17)33/h6-9,11-15,17-19,23-26,28,34H,4,10,16H2,1-3,5H3,(H,31,35). The molecule has 6 heteroatoms. The number of rotatable bonds is 3. The minimum absolute atomic E-state index is 0.0764. The van der Waals surface area contributed by atoms with Crippen molar-refractivity contribution >= 4 is 17.7 Å². The average molecular weight is 492 g/mol. The number of benzene rings is 1. The first-order valence-corrected chi connectivity index (χ1v) is 12.9. The molecule has 2 fully saturated rings. The molecule has 0 aromatic heterocycles. The fourth-order valence-corrected chi connectivity index (χ4v) is 6.65. The van der Waals surface area contributed by atoms with Crippen molar-refractivity contribution in [2.45, 2.75) is 58.8 Å². The topological polar surface area (TPSA) is 92.7 Å². The molecule has 1 saturated carbocycles. The maximum absolute atomic E-state index is 14.1. The molecule has 192 valence electrons. The summed E-state index contributed by atoms with van der Waals surface area (Å²) in [7, 11) is 0. The summed E-state index contributed by atoms with van der Waals surface area (Å²) < 4.78 is 5.88. The number of nitrogens with one attached hydrogen (secondary N) is 1. The van der Waals surface area contributed by atoms with E-state index in [4.69, 9.17) is 4.74 Å². The molecule has 1 saturated heterocycles. The van der Waals surface area contributed by atoms with E-state index in [0.29, 0.717) is 18.4 Å². The first kappa shape index (κ1) is 26.1. The molecule has 1 amide bonds. The number of ketones is 1. The number of aliphatic hydroxyl groups excluding tert-OH is 1. The van der Waals surface area contributed by atoms with E-state index in [1.165, 1.54) is 6.92 Å². The Morgan fingerprint density at radius 2 is 1.83 bits per heavy atom. The van der Waals surface area contributed by atoms with Crippen molar-refractivity contribution in [3.05, 3.63) is 72.4 Å². The number of ether oxygens (including phenoxy) is 1. The fraction of sp³-hybridized carbons (Fsp3) is 0.500. The zero-order valence-corrected chi connectivity index (χ0v) is 21.5. The Morgan fingerprint density at radius 1 is 1.14 bits per heavy atom. The minimum atomic E-state index is -1.26. The van der Waals surface area contributed by atoms with Gasteiger partial charge in [-0.3, -0.25) is 14.4 Å². The molecule has 9 unspecified atom stereocenters. The SMILES string of the molecule is C=C1C(C)C2C(Cc3ccccc3)NC(=O)C23C(OC(C)=O)C=CC(C)C(=O)C(C)CC=CC3C1O. The molecule has 1 heterocycles. The lowest BCUT2D eigenvalue weighted by Crippen LogP contribution is -2.60. The lowest BCUT2D eigenvalue weighted by Gasteiger charge is -2.52. The normalized spacial score (nSPS) is 38.5. The van der Waals surface area contributed by atoms with Crippen LogP contribution in [0.2, 0.25) is 0 Å². The van der Waals surface area contributed by atoms with Crippen LogP contribution in [0.1, 0.15) is 39.7 Å². The van der Waals surface area contributed by atoms with Gasteiger partial charge in [0, 0.05) is 36.6 Å². The fourth-order valence-electron chi connectivity index (χ4n) is 6.65. The Labute approximate surface area is 213 Å². The van der Waals surface area contributed by atoms with Crippen LogP contribution in [0.3, 0.4) is 0 Å². The molecule has 36 heavy (non-hydrogen) atoms. The smallest absolute Gasteiger partial charge is 0.303 e. The van der Waals surface area contributed by atoms with Gasteiger partial charge in [0.25, 0.3) is 0 Å². The lowest BCUT2D eigenvalue weighted by atomic mass is 9.51. The van der Waals surface area contributed by atoms with Crippen LogP contribution >= 0.6 is 0 Å². The molecule has 1 aromatic rings. The van der Waals surface area contributed by atoms with Gasteiger partial charge >= 0.3 is 5.97 Å². The van der Waals surface area contributed by atoms with Crippen molar-refractivity contribution in [3.63, 3.8) is 0 Å². The van der Waals surface area contributed by atoms with Gasteiger partial charge in [0.2, 0.25) is 5.91 Å². The van der Waals surface area contributed by atoms with Gasteiger partial charge in [0.15, 0.2) is 0 Å². The summed E-state index contributed by atoms with van der Waals surface area (Å²) in [6.45, 7) is 11.2. The van der Waals surface area contributed by atoms with Crippen LogP contribution in [0.5, 0.6) is 0 Å². The van der Waals surface area contributed by atoms with E-state index in [0.717, 1.165) is 5.56 Å². The summed E-state index contributed by atoms with van der Waals surface area (Å²) in [6, 6.07) is 9.71. The van der Waals surface area contributed by atoms with Gasteiger partial charge in [-0.1, -0.05) is 75.9 Å². The van der Waals surface area contributed by atoms with Crippen LogP contribution < -0.4 is 5.32 Å². The van der Waals surface area contributed by atoms with Crippen molar-refractivity contribution in [3.8, 4) is 0 Å². The van der Waals surface area contributed by atoms with Crippen LogP contribution in [0, 0.1) is 35.0 Å². The van der Waals surface area contributed by atoms with Crippen molar-refractivity contribution < 1.29 is 24.2 Å². The molecule has 1 aromatic carbocycles. The third kappa shape index (κ3) is 4.36. The molecule has 4 rings (SSSR count). The van der Waals surface area contributed by atoms with Crippen LogP contribution in [0.15, 0.2) is 66.8 Å². The molecule has 0 bridgehead atoms. The molecule has 9 atom stereocenters. The van der Waals surface area contributed by atoms with Gasteiger partial charge < -0.3 is 15.2 Å². The summed E-state index contributed by atoms with van der Waals surface area (Å²) in [5.74, 6) is -2.49. The number of esters is 1. The van der Waals surface area contributed by atoms with E-state index < -0.39 is 35.4 Å². The quantitative estimate of drug-likeness (QED) is 0.496. The molecular weight excluding hydrogens is 454 g/mol. The first-order chi connectivity index (χ1) is 17.1. The van der Waals surface area contributed by atoms with E-state index in [2.05, 4.69) is 11.9 Å². The van der Waals surface area contributed by atoms with Crippen molar-refractivity contribution in [2.75, 3.05) is 0 Å². The van der Waals surface area contributed by atoms with Crippen molar-refractivity contribution in [1.82, 2.24) is 5.32 Å². The van der Waals surface area contributed by atoms with Gasteiger partial charge in [-0.05, 0) is 36.0 Å². The van der Waals surface area contributed by atoms with Gasteiger partial charge in [0.1, 0.15) is 17.3 Å². The largest absolute Gasteiger partial charge is 0.457 e. The second-order valence-electron chi connectivity index (χ2n) is 10.7. The molecule has 3 aliphatic rings. The summed E-state index contributed by atoms with van der Waals surface area (Å²) in [6.07, 6.45) is 6.34. The molecule has 0 radical (unpaired) electrons. The number of Topliss-reactive ketones (excluding diaryl/α,β-unsaturated/α-hetero) is 1. The van der Waals surface area contributed by atoms with E-state index in [9.17, 15) is 19.5 Å². The number of aliphatic hydroxyl groups is 1. The van der Waals surface area contributed by atoms with Crippen LogP contribution in [-0.4, -0.2) is 41.0 Å². The highest BCUT2D eigenvalue weighted by Crippen LogP contribution is 2.58. The number of amides is 1. The molecule has 1 spiro atoms. The number of hydrogen-bond acceptors (Lipinski definition) is 5. The Kier molecular flexibility index (Phi) is 7.37. The molecule has 2 N–H and O–H groups in total. The Balaban J connectivity index is 1.92. The lowest BCUT2D eigenvalue weighted by molar-refractivity contribution is -0.166. The molecule has 2 aliphatic carbocycles. The Bertz CT molecular complexity index is 1090. The molecule has 6 nitrogen and oxygen atoms in total. The van der Waals surface area contributed by atoms with E-state index in [1.54, 1.807) is 12.2 Å². The summed E-state index contributed by atoms with van der Waals surface area (Å²) in [5.41, 5.74) is 0.493.